The maximum atomic E-state index is 12.2. The minimum Gasteiger partial charge on any atom is -1.00 e. The molecule has 8 aromatic carbocycles. The van der Waals surface area contributed by atoms with Gasteiger partial charge in [-0.1, -0.05) is 219 Å². The molecule has 1 saturated heterocycles. The number of nitrogens with one attached hydrogen (secondary N) is 5. The number of aliphatic hydroxyl groups excluding tert-OH is 1. The Morgan fingerprint density at radius 2 is 0.873 bits per heavy atom. The number of hydrogen-bond donors (Lipinski definition) is 10. The number of halogens is 18. The smallest absolute Gasteiger partial charge is 1.00 e. The average molecular weight is 2500 g/mol. The Kier molecular flexibility index (Phi) is 85.6. The number of ether oxygens (including phenoxy) is 2. The molecule has 0 saturated carbocycles. The number of para-hydroxylation sites is 1. The maximum Gasteiger partial charge on any atom is 1.00 e. The molecule has 3 aliphatic rings. The second-order valence-electron chi connectivity index (χ2n) is 30.6. The number of ketones is 4. The van der Waals surface area contributed by atoms with E-state index in [-0.39, 0.29) is 169 Å². The van der Waals surface area contributed by atoms with Crippen molar-refractivity contribution in [2.45, 2.75) is 200 Å². The summed E-state index contributed by atoms with van der Waals surface area (Å²) in [7, 11) is -1.00. The number of benzene rings is 8. The van der Waals surface area contributed by atoms with Gasteiger partial charge in [0, 0.05) is 163 Å². The zero-order valence-electron chi connectivity index (χ0n) is 85.7. The first kappa shape index (κ1) is 148. The molecule has 46 heteroatoms. The van der Waals surface area contributed by atoms with Gasteiger partial charge in [0.25, 0.3) is 30.0 Å². The second kappa shape index (κ2) is 86.5. The summed E-state index contributed by atoms with van der Waals surface area (Å²) in [5.74, 6) is 0.313. The summed E-state index contributed by atoms with van der Waals surface area (Å²) >= 11 is 16.6. The summed E-state index contributed by atoms with van der Waals surface area (Å²) in [4.78, 5) is 112. The Morgan fingerprint density at radius 3 is 1.16 bits per heavy atom. The van der Waals surface area contributed by atoms with E-state index in [1.165, 1.54) is 19.8 Å². The first-order valence-electron chi connectivity index (χ1n) is 46.4. The van der Waals surface area contributed by atoms with Crippen molar-refractivity contribution >= 4 is 173 Å². The van der Waals surface area contributed by atoms with Crippen LogP contribution in [0.1, 0.15) is 198 Å². The van der Waals surface area contributed by atoms with Gasteiger partial charge in [-0.15, -0.1) is 6.42 Å². The fraction of sp³-hybridized carbons (Fsp3) is 0.413. The van der Waals surface area contributed by atoms with Gasteiger partial charge >= 0.3 is 133 Å². The number of nitrogens with zero attached hydrogens (tertiary/aromatic N) is 2. The number of anilines is 6. The topological polar surface area (TPSA) is 401 Å². The number of nitrogens with two attached hydrogens (primary N) is 2. The summed E-state index contributed by atoms with van der Waals surface area (Å²) in [6.07, 6.45) is -5.14. The van der Waals surface area contributed by atoms with Gasteiger partial charge in [0.2, 0.25) is 23.1 Å². The number of nitroso groups, excluding NO2 is 1. The number of terminal acetylenes is 1. The zero-order chi connectivity index (χ0) is 112. The molecule has 3 aliphatic heterocycles. The number of carbonyl (C=O) groups is 9. The van der Waals surface area contributed by atoms with Gasteiger partial charge in [0.15, 0.2) is 0 Å². The monoisotopic (exact) mass is 2500 g/mol. The molecule has 0 spiro atoms. The number of Topliss-reactive ketones (excluding diaryl/α,β-unsaturated/α-hetero) is 4. The van der Waals surface area contributed by atoms with Crippen molar-refractivity contribution in [1.82, 2.24) is 4.90 Å². The number of hydrogen-bond acceptors (Lipinski definition) is 24. The van der Waals surface area contributed by atoms with E-state index < -0.39 is 103 Å². The van der Waals surface area contributed by atoms with Gasteiger partial charge in [-0.3, -0.25) is 42.9 Å². The van der Waals surface area contributed by atoms with Crippen molar-refractivity contribution in [3.05, 3.63) is 244 Å². The first-order chi connectivity index (χ1) is 69.9. The Bertz CT molecular complexity index is 5190. The Hall–Kier alpha value is -7.77. The molecule has 0 aliphatic carbocycles. The summed E-state index contributed by atoms with van der Waals surface area (Å²) in [5.41, 5.74) is 16.6. The van der Waals surface area contributed by atoms with Crippen LogP contribution in [0.25, 0.3) is 0 Å². The Balaban J connectivity index is -0.000000393. The van der Waals surface area contributed by atoms with E-state index in [0.717, 1.165) is 119 Å². The number of imide groups is 1. The van der Waals surface area contributed by atoms with Crippen LogP contribution in [0, 0.1) is 29.1 Å². The van der Waals surface area contributed by atoms with E-state index in [9.17, 15) is 111 Å². The fourth-order valence-corrected chi connectivity index (χ4v) is 14.2. The SMILES string of the molecule is C.C#CC(O)(CCC)CCC.C1CCOC1.CCCC(O)(C#Cc1cccc(NCCCC(=O)C(F)(F)F)c1)CCC.CCO.CCOC(=O)C(F)(F)F.NCCNc1cccc(Br)c1.Nc1cccc(Br)c1.O=C(CCCNc1cccc(Br)c1)C(F)(F)F.O=C(CCCNc1cccc(Br)c1)C(F)(F)F.O=C1c2ccccc2[N+](=O)C1CCNc1cccc(Br)c1.O=CCN1C(=O)c2ccccc2C1=O.O=CO[O-].[2H]CF.[H-].[K+].[K+]. The van der Waals surface area contributed by atoms with E-state index in [0.29, 0.717) is 85.4 Å². The number of aldehydes is 1. The molecular formula is C104H130Br5F13K2N9O17+. The molecule has 26 nitrogen and oxygen atoms in total. The minimum atomic E-state index is -4.85. The Labute approximate surface area is 998 Å². The van der Waals surface area contributed by atoms with Gasteiger partial charge in [-0.2, -0.15) is 52.7 Å². The van der Waals surface area contributed by atoms with Gasteiger partial charge in [-0.25, -0.2) is 4.79 Å². The molecule has 12 N–H and O–H groups in total. The number of alkyl halides is 13. The molecule has 1 unspecified atom stereocenters. The number of esters is 1. The first-order valence-corrected chi connectivity index (χ1v) is 49.7. The van der Waals surface area contributed by atoms with Crippen molar-refractivity contribution in [2.24, 2.45) is 5.73 Å². The third-order valence-corrected chi connectivity index (χ3v) is 21.2. The molecule has 1 atom stereocenters. The largest absolute Gasteiger partial charge is 1.00 e. The van der Waals surface area contributed by atoms with Crippen molar-refractivity contribution in [1.29, 1.82) is 0 Å². The zero-order valence-corrected chi connectivity index (χ0v) is 97.9. The molecule has 820 valence electrons. The van der Waals surface area contributed by atoms with E-state index in [1.54, 1.807) is 85.8 Å². The van der Waals surface area contributed by atoms with Crippen LogP contribution in [-0.4, -0.2) is 200 Å². The summed E-state index contributed by atoms with van der Waals surface area (Å²) in [5, 5.41) is 51.4. The third-order valence-electron chi connectivity index (χ3n) is 18.8. The quantitative estimate of drug-likeness (QED) is 0.00153. The summed E-state index contributed by atoms with van der Waals surface area (Å²) in [6.45, 7) is 15.6. The van der Waals surface area contributed by atoms with E-state index in [4.69, 9.17) is 39.2 Å². The second-order valence-corrected chi connectivity index (χ2v) is 35.2. The standard InChI is InChI=1S/C20H26F3NO2.C16H14BrN2O2.2C11H11BrF3NO.C10H7NO3.C9H16O.C8H11BrN2.C6H6BrN.C4H5F3O2.C4H8O.C2H6O.CH3F.CH2O3.CH4.2K.H/c1-3-11-19(26,12-4-2)13-10-16-7-5-8-17(15-16)24-14-6-9-18(25)20(21,22)23;17-11-4-3-5-12(10-11)18-9-8-15-16(20)13-6-1-2-7-14(13)19(15)21;2*12-8-3-1-4-9(7-8)16-6-2-5-10(17)11(13,14)15;12-6-5-11-9(13)7-3-1-2-4-8(7)10(11)14;1-4-7-9(10,6-3)8-5-2;9-7-2-1-3-8(6-7)11-5-4-10;7-5-2-1-3-6(8)4-5;1-2-9-3(8)4(5,6)7;1-2-4-5-3-1;1-2-3;1-2;2-1-4-3;;;;/h5,7-8,15,24,26H,3-4,6,9,11-12,14H2,1-2H3;1-7,10,15,18H,8-9H2;2*1,3-4,7,16H,2,5-6H2;1-4,6H,5H2;3,10H,4-5,7-8H2,1-2H3;1-3,6,11H,4-5,10H2;1-4H,8H2;2H2,1H3;1-4H2;3H,2H2,1H3;1H3;1,3H;1H4;;;/q;+1;;;;;;;;;;;;;2*+1;-1/p-1/i;;;;;;;;;;;1D;;;;;. The number of nitrogen functional groups attached to an aromatic ring is 1. The Morgan fingerprint density at radius 1 is 0.540 bits per heavy atom. The van der Waals surface area contributed by atoms with Crippen LogP contribution in [0.15, 0.2) is 216 Å². The van der Waals surface area contributed by atoms with Crippen LogP contribution in [-0.2, 0) is 43.1 Å². The summed E-state index contributed by atoms with van der Waals surface area (Å²) in [6, 6.07) is 57.9. The molecule has 11 rings (SSSR count). The maximum absolute atomic E-state index is 12.2. The van der Waals surface area contributed by atoms with Crippen molar-refractivity contribution < 1.29 is 245 Å². The van der Waals surface area contributed by atoms with E-state index in [1.807, 2.05) is 143 Å². The molecule has 150 heavy (non-hydrogen) atoms. The normalized spacial score (nSPS) is 12.1. The minimum absolute atomic E-state index is 0. The van der Waals surface area contributed by atoms with Crippen molar-refractivity contribution in [3.8, 4) is 24.2 Å². The summed E-state index contributed by atoms with van der Waals surface area (Å²) < 4.78 is 171. The fourth-order valence-electron chi connectivity index (χ4n) is 12.2. The van der Waals surface area contributed by atoms with Crippen molar-refractivity contribution in [2.75, 3.05) is 112 Å². The number of fused-ring (bicyclic) bond motifs is 2. The van der Waals surface area contributed by atoms with Crippen LogP contribution in [0.4, 0.5) is 96.9 Å². The number of rotatable bonds is 34. The van der Waals surface area contributed by atoms with Gasteiger partial charge in [0.1, 0.15) is 23.1 Å². The van der Waals surface area contributed by atoms with Crippen LogP contribution in [0.5, 0.6) is 0 Å². The predicted octanol–water partition coefficient (Wildman–Crippen LogP) is 18.1. The average Bonchev–Trinajstić information content (AvgIpc) is 1.64. The molecule has 0 radical (unpaired) electrons. The molecular weight excluding hydrogens is 2370 g/mol. The number of amides is 2. The van der Waals surface area contributed by atoms with Crippen LogP contribution in [0.2, 0.25) is 0 Å². The van der Waals surface area contributed by atoms with E-state index in [2.05, 4.69) is 134 Å². The van der Waals surface area contributed by atoms with E-state index >= 15 is 0 Å². The molecule has 8 aromatic rings. The molecule has 0 bridgehead atoms. The molecule has 0 aromatic heterocycles. The number of carbonyl (C=O) groups excluding carboxylic acids is 9. The van der Waals surface area contributed by atoms with Crippen LogP contribution >= 0.6 is 79.6 Å². The third kappa shape index (κ3) is 69.2. The van der Waals surface area contributed by atoms with Crippen molar-refractivity contribution in [3.63, 3.8) is 0 Å². The van der Waals surface area contributed by atoms with Crippen LogP contribution in [0.3, 0.4) is 0 Å². The van der Waals surface area contributed by atoms with Gasteiger partial charge in [0.05, 0.1) is 32.8 Å². The molecule has 3 heterocycles. The van der Waals surface area contributed by atoms with Crippen LogP contribution < -0.4 is 146 Å². The number of aliphatic hydroxyl groups is 3. The molecule has 2 amide bonds. The molecule has 1 fully saturated rings. The van der Waals surface area contributed by atoms with Gasteiger partial charge < -0.3 is 79.2 Å². The predicted molar refractivity (Wildman–Crippen MR) is 567 cm³/mol. The van der Waals surface area contributed by atoms with Gasteiger partial charge in [-0.05, 0) is 199 Å².